The molecule has 1 aliphatic carbocycles. The SMILES string of the molecule is CCCOc1cc(C)ccc1CN=C(NCC)NCCCNC(=O)C1CCC1.I. The highest BCUT2D eigenvalue weighted by Crippen LogP contribution is 2.26. The Morgan fingerprint density at radius 1 is 1.17 bits per heavy atom. The van der Waals surface area contributed by atoms with Crippen molar-refractivity contribution in [2.45, 2.75) is 59.4 Å². The zero-order chi connectivity index (χ0) is 20.2. The minimum atomic E-state index is 0. The van der Waals surface area contributed by atoms with Crippen molar-refractivity contribution in [3.8, 4) is 5.75 Å². The van der Waals surface area contributed by atoms with Gasteiger partial charge in [-0.15, -0.1) is 24.0 Å². The predicted octanol–water partition coefficient (Wildman–Crippen LogP) is 3.76. The molecule has 1 fully saturated rings. The van der Waals surface area contributed by atoms with E-state index in [4.69, 9.17) is 9.73 Å². The van der Waals surface area contributed by atoms with E-state index in [9.17, 15) is 4.79 Å². The fourth-order valence-corrected chi connectivity index (χ4v) is 2.97. The number of guanidine groups is 1. The van der Waals surface area contributed by atoms with E-state index in [0.717, 1.165) is 56.0 Å². The second-order valence-corrected chi connectivity index (χ2v) is 7.35. The molecule has 164 valence electrons. The summed E-state index contributed by atoms with van der Waals surface area (Å²) < 4.78 is 5.88. The Hall–Kier alpha value is -1.51. The normalized spacial score (nSPS) is 13.8. The maximum Gasteiger partial charge on any atom is 0.223 e. The van der Waals surface area contributed by atoms with Gasteiger partial charge in [-0.2, -0.15) is 0 Å². The first-order valence-corrected chi connectivity index (χ1v) is 10.7. The molecule has 0 bridgehead atoms. The number of rotatable bonds is 11. The number of hydrogen-bond acceptors (Lipinski definition) is 3. The Bertz CT molecular complexity index is 648. The monoisotopic (exact) mass is 516 g/mol. The number of halogens is 1. The third-order valence-electron chi connectivity index (χ3n) is 4.86. The maximum absolute atomic E-state index is 11.8. The quantitative estimate of drug-likeness (QED) is 0.181. The third kappa shape index (κ3) is 9.23. The van der Waals surface area contributed by atoms with Crippen molar-refractivity contribution in [2.75, 3.05) is 26.2 Å². The van der Waals surface area contributed by atoms with Crippen molar-refractivity contribution in [3.05, 3.63) is 29.3 Å². The molecule has 7 heteroatoms. The second-order valence-electron chi connectivity index (χ2n) is 7.35. The van der Waals surface area contributed by atoms with Gasteiger partial charge in [-0.1, -0.05) is 25.5 Å². The summed E-state index contributed by atoms with van der Waals surface area (Å²) in [4.78, 5) is 16.5. The van der Waals surface area contributed by atoms with Crippen LogP contribution in [0.1, 0.15) is 57.1 Å². The Kier molecular flexibility index (Phi) is 12.7. The number of nitrogens with one attached hydrogen (secondary N) is 3. The molecule has 0 atom stereocenters. The molecule has 1 saturated carbocycles. The maximum atomic E-state index is 11.8. The Morgan fingerprint density at radius 3 is 2.59 bits per heavy atom. The van der Waals surface area contributed by atoms with Crippen LogP contribution in [0.3, 0.4) is 0 Å². The van der Waals surface area contributed by atoms with E-state index in [-0.39, 0.29) is 35.8 Å². The molecule has 2 rings (SSSR count). The number of ether oxygens (including phenoxy) is 1. The Balaban J connectivity index is 0.00000420. The first-order valence-electron chi connectivity index (χ1n) is 10.7. The summed E-state index contributed by atoms with van der Waals surface area (Å²) in [5, 5.41) is 9.64. The van der Waals surface area contributed by atoms with Crippen LogP contribution in [0.25, 0.3) is 0 Å². The summed E-state index contributed by atoms with van der Waals surface area (Å²) in [6.45, 7) is 9.78. The molecule has 1 aromatic rings. The zero-order valence-electron chi connectivity index (χ0n) is 18.1. The number of nitrogens with zero attached hydrogens (tertiary/aromatic N) is 1. The molecule has 1 aliphatic rings. The minimum Gasteiger partial charge on any atom is -0.493 e. The van der Waals surface area contributed by atoms with Gasteiger partial charge in [0, 0.05) is 31.1 Å². The standard InChI is InChI=1S/C22H36N4O2.HI/c1-4-14-28-20-15-17(3)10-11-19(20)16-26-22(23-5-2)25-13-7-12-24-21(27)18-8-6-9-18;/h10-11,15,18H,4-9,12-14,16H2,1-3H3,(H,24,27)(H2,23,25,26);1H. The van der Waals surface area contributed by atoms with Gasteiger partial charge in [-0.3, -0.25) is 4.79 Å². The van der Waals surface area contributed by atoms with E-state index in [1.807, 2.05) is 0 Å². The highest BCUT2D eigenvalue weighted by molar-refractivity contribution is 14.0. The van der Waals surface area contributed by atoms with Crippen LogP contribution in [-0.4, -0.2) is 38.1 Å². The number of aryl methyl sites for hydroxylation is 1. The van der Waals surface area contributed by atoms with Crippen LogP contribution < -0.4 is 20.7 Å². The van der Waals surface area contributed by atoms with Gasteiger partial charge >= 0.3 is 0 Å². The van der Waals surface area contributed by atoms with E-state index in [1.54, 1.807) is 0 Å². The first kappa shape index (κ1) is 25.5. The highest BCUT2D eigenvalue weighted by Gasteiger charge is 2.24. The van der Waals surface area contributed by atoms with Crippen LogP contribution in [0.2, 0.25) is 0 Å². The van der Waals surface area contributed by atoms with E-state index < -0.39 is 0 Å². The minimum absolute atomic E-state index is 0. The largest absolute Gasteiger partial charge is 0.493 e. The third-order valence-corrected chi connectivity index (χ3v) is 4.86. The summed E-state index contributed by atoms with van der Waals surface area (Å²) in [6, 6.07) is 6.25. The van der Waals surface area contributed by atoms with Crippen LogP contribution in [0.4, 0.5) is 0 Å². The molecule has 6 nitrogen and oxygen atoms in total. The summed E-state index contributed by atoms with van der Waals surface area (Å²) in [5.74, 6) is 2.17. The van der Waals surface area contributed by atoms with Gasteiger partial charge in [0.05, 0.1) is 13.2 Å². The molecule has 0 radical (unpaired) electrons. The van der Waals surface area contributed by atoms with Crippen molar-refractivity contribution in [3.63, 3.8) is 0 Å². The summed E-state index contributed by atoms with van der Waals surface area (Å²) in [6.07, 6.45) is 5.14. The summed E-state index contributed by atoms with van der Waals surface area (Å²) >= 11 is 0. The van der Waals surface area contributed by atoms with Crippen molar-refractivity contribution < 1.29 is 9.53 Å². The second kappa shape index (κ2) is 14.5. The van der Waals surface area contributed by atoms with E-state index in [1.165, 1.54) is 12.0 Å². The molecular formula is C22H37IN4O2. The van der Waals surface area contributed by atoms with Crippen molar-refractivity contribution in [1.82, 2.24) is 16.0 Å². The first-order chi connectivity index (χ1) is 13.6. The average molecular weight is 516 g/mol. The number of carbonyl (C=O) groups is 1. The van der Waals surface area contributed by atoms with Gasteiger partial charge in [0.2, 0.25) is 5.91 Å². The fourth-order valence-electron chi connectivity index (χ4n) is 2.97. The predicted molar refractivity (Wildman–Crippen MR) is 130 cm³/mol. The van der Waals surface area contributed by atoms with Crippen LogP contribution in [0.15, 0.2) is 23.2 Å². The lowest BCUT2D eigenvalue weighted by Crippen LogP contribution is -2.39. The average Bonchev–Trinajstić information content (AvgIpc) is 2.63. The molecule has 0 unspecified atom stereocenters. The molecule has 0 saturated heterocycles. The molecule has 3 N–H and O–H groups in total. The van der Waals surface area contributed by atoms with E-state index in [2.05, 4.69) is 54.9 Å². The molecule has 0 aliphatic heterocycles. The number of amides is 1. The van der Waals surface area contributed by atoms with Crippen LogP contribution in [0.5, 0.6) is 5.75 Å². The lowest BCUT2D eigenvalue weighted by Gasteiger charge is -2.24. The number of benzene rings is 1. The van der Waals surface area contributed by atoms with Crippen molar-refractivity contribution in [2.24, 2.45) is 10.9 Å². The highest BCUT2D eigenvalue weighted by atomic mass is 127. The summed E-state index contributed by atoms with van der Waals surface area (Å²) in [7, 11) is 0. The van der Waals surface area contributed by atoms with Gasteiger partial charge in [0.1, 0.15) is 5.75 Å². The zero-order valence-corrected chi connectivity index (χ0v) is 20.4. The van der Waals surface area contributed by atoms with E-state index in [0.29, 0.717) is 19.7 Å². The molecule has 0 spiro atoms. The Labute approximate surface area is 192 Å². The van der Waals surface area contributed by atoms with E-state index >= 15 is 0 Å². The molecule has 0 aromatic heterocycles. The number of hydrogen-bond donors (Lipinski definition) is 3. The molecular weight excluding hydrogens is 479 g/mol. The molecule has 0 heterocycles. The van der Waals surface area contributed by atoms with Crippen molar-refractivity contribution >= 4 is 35.8 Å². The number of carbonyl (C=O) groups excluding carboxylic acids is 1. The molecule has 1 amide bonds. The lowest BCUT2D eigenvalue weighted by atomic mass is 9.85. The topological polar surface area (TPSA) is 74.8 Å². The fraction of sp³-hybridized carbons (Fsp3) is 0.636. The molecule has 29 heavy (non-hydrogen) atoms. The summed E-state index contributed by atoms with van der Waals surface area (Å²) in [5.41, 5.74) is 2.27. The lowest BCUT2D eigenvalue weighted by molar-refractivity contribution is -0.127. The van der Waals surface area contributed by atoms with Gasteiger partial charge in [0.25, 0.3) is 0 Å². The van der Waals surface area contributed by atoms with Crippen LogP contribution >= 0.6 is 24.0 Å². The molecule has 1 aromatic carbocycles. The van der Waals surface area contributed by atoms with Crippen LogP contribution in [0, 0.1) is 12.8 Å². The van der Waals surface area contributed by atoms with Gasteiger partial charge < -0.3 is 20.7 Å². The number of aliphatic imine (C=N–C) groups is 1. The smallest absolute Gasteiger partial charge is 0.223 e. The van der Waals surface area contributed by atoms with Gasteiger partial charge in [-0.05, 0) is 51.2 Å². The Morgan fingerprint density at radius 2 is 1.93 bits per heavy atom. The van der Waals surface area contributed by atoms with Gasteiger partial charge in [-0.25, -0.2) is 4.99 Å². The van der Waals surface area contributed by atoms with Crippen molar-refractivity contribution in [1.29, 1.82) is 0 Å². The van der Waals surface area contributed by atoms with Crippen LogP contribution in [-0.2, 0) is 11.3 Å². The van der Waals surface area contributed by atoms with Gasteiger partial charge in [0.15, 0.2) is 5.96 Å².